The maximum atomic E-state index is 6.08. The third kappa shape index (κ3) is 4.08. The van der Waals surface area contributed by atoms with Crippen molar-refractivity contribution in [2.75, 3.05) is 6.54 Å². The van der Waals surface area contributed by atoms with Crippen LogP contribution in [-0.2, 0) is 0 Å². The molecule has 0 bridgehead atoms. The Morgan fingerprint density at radius 2 is 2.00 bits per heavy atom. The third-order valence-corrected chi connectivity index (χ3v) is 3.20. The van der Waals surface area contributed by atoms with E-state index in [-0.39, 0.29) is 0 Å². The van der Waals surface area contributed by atoms with Crippen LogP contribution in [0.15, 0.2) is 22.7 Å². The van der Waals surface area contributed by atoms with Crippen LogP contribution in [0.2, 0.25) is 5.02 Å². The summed E-state index contributed by atoms with van der Waals surface area (Å²) in [5.74, 6) is 0.553. The zero-order valence-electron chi connectivity index (χ0n) is 10.1. The summed E-state index contributed by atoms with van der Waals surface area (Å²) >= 11 is 9.56. The highest BCUT2D eigenvalue weighted by atomic mass is 79.9. The molecule has 90 valence electrons. The van der Waals surface area contributed by atoms with E-state index < -0.39 is 0 Å². The molecule has 1 nitrogen and oxygen atoms in total. The monoisotopic (exact) mass is 303 g/mol. The van der Waals surface area contributed by atoms with Gasteiger partial charge >= 0.3 is 0 Å². The highest BCUT2D eigenvalue weighted by Gasteiger charge is 2.15. The molecule has 1 rings (SSSR count). The molecule has 1 unspecified atom stereocenters. The fourth-order valence-corrected chi connectivity index (χ4v) is 2.68. The first-order chi connectivity index (χ1) is 7.54. The summed E-state index contributed by atoms with van der Waals surface area (Å²) in [5.41, 5.74) is 1.25. The van der Waals surface area contributed by atoms with E-state index in [4.69, 9.17) is 11.6 Å². The van der Waals surface area contributed by atoms with Crippen LogP contribution in [0.3, 0.4) is 0 Å². The molecule has 0 saturated heterocycles. The number of nitrogens with one attached hydrogen (secondary N) is 1. The molecule has 0 aliphatic rings. The molecule has 16 heavy (non-hydrogen) atoms. The van der Waals surface area contributed by atoms with Gasteiger partial charge in [0.15, 0.2) is 0 Å². The van der Waals surface area contributed by atoms with Gasteiger partial charge in [0, 0.05) is 15.5 Å². The van der Waals surface area contributed by atoms with Crippen LogP contribution in [0.1, 0.15) is 38.8 Å². The lowest BCUT2D eigenvalue weighted by Crippen LogP contribution is -2.26. The maximum Gasteiger partial charge on any atom is 0.0420 e. The van der Waals surface area contributed by atoms with Crippen molar-refractivity contribution in [2.45, 2.75) is 33.2 Å². The standard InChI is InChI=1S/C13H19BrClN/c1-4-5-16-13(9(2)3)10-6-11(14)8-12(15)7-10/h6-9,13,16H,4-5H2,1-3H3. The van der Waals surface area contributed by atoms with Gasteiger partial charge in [-0.15, -0.1) is 0 Å². The van der Waals surface area contributed by atoms with E-state index in [9.17, 15) is 0 Å². The Morgan fingerprint density at radius 3 is 2.50 bits per heavy atom. The van der Waals surface area contributed by atoms with Gasteiger partial charge in [0.2, 0.25) is 0 Å². The van der Waals surface area contributed by atoms with Gasteiger partial charge in [0.1, 0.15) is 0 Å². The molecule has 1 N–H and O–H groups in total. The van der Waals surface area contributed by atoms with E-state index in [1.807, 2.05) is 12.1 Å². The van der Waals surface area contributed by atoms with E-state index in [1.54, 1.807) is 0 Å². The molecule has 1 aromatic rings. The van der Waals surface area contributed by atoms with Crippen LogP contribution in [0.4, 0.5) is 0 Å². The van der Waals surface area contributed by atoms with Crippen molar-refractivity contribution in [3.63, 3.8) is 0 Å². The third-order valence-electron chi connectivity index (χ3n) is 2.52. The summed E-state index contributed by atoms with van der Waals surface area (Å²) in [6.45, 7) is 7.66. The number of halogens is 2. The molecule has 1 atom stereocenters. The molecule has 0 aliphatic carbocycles. The lowest BCUT2D eigenvalue weighted by Gasteiger charge is -2.23. The summed E-state index contributed by atoms with van der Waals surface area (Å²) in [6, 6.07) is 6.47. The Bertz CT molecular complexity index is 318. The summed E-state index contributed by atoms with van der Waals surface area (Å²) in [5, 5.41) is 4.35. The van der Waals surface area contributed by atoms with Crippen LogP contribution in [-0.4, -0.2) is 6.54 Å². The Morgan fingerprint density at radius 1 is 1.31 bits per heavy atom. The van der Waals surface area contributed by atoms with Crippen molar-refractivity contribution in [3.05, 3.63) is 33.3 Å². The lowest BCUT2D eigenvalue weighted by atomic mass is 9.96. The number of hydrogen-bond acceptors (Lipinski definition) is 1. The highest BCUT2D eigenvalue weighted by molar-refractivity contribution is 9.10. The summed E-state index contributed by atoms with van der Waals surface area (Å²) in [4.78, 5) is 0. The van der Waals surface area contributed by atoms with Gasteiger partial charge in [0.25, 0.3) is 0 Å². The van der Waals surface area contributed by atoms with Gasteiger partial charge in [0.05, 0.1) is 0 Å². The Hall–Kier alpha value is -0.0500. The molecule has 0 saturated carbocycles. The molecule has 3 heteroatoms. The van der Waals surface area contributed by atoms with Crippen LogP contribution in [0, 0.1) is 5.92 Å². The first-order valence-electron chi connectivity index (χ1n) is 5.74. The summed E-state index contributed by atoms with van der Waals surface area (Å²) in [7, 11) is 0. The predicted octanol–water partition coefficient (Wildman–Crippen LogP) is 4.80. The molecule has 0 heterocycles. The SMILES string of the molecule is CCCNC(c1cc(Cl)cc(Br)c1)C(C)C. The maximum absolute atomic E-state index is 6.08. The molecular weight excluding hydrogens is 286 g/mol. The molecule has 1 aromatic carbocycles. The van der Waals surface area contributed by atoms with Crippen molar-refractivity contribution in [1.29, 1.82) is 0 Å². The van der Waals surface area contributed by atoms with Crippen molar-refractivity contribution in [1.82, 2.24) is 5.32 Å². The fraction of sp³-hybridized carbons (Fsp3) is 0.538. The first-order valence-corrected chi connectivity index (χ1v) is 6.91. The predicted molar refractivity (Wildman–Crippen MR) is 75.0 cm³/mol. The molecule has 0 amide bonds. The van der Waals surface area contributed by atoms with Crippen LogP contribution in [0.5, 0.6) is 0 Å². The number of hydrogen-bond donors (Lipinski definition) is 1. The summed E-state index contributed by atoms with van der Waals surface area (Å²) in [6.07, 6.45) is 1.14. The Balaban J connectivity index is 2.91. The lowest BCUT2D eigenvalue weighted by molar-refractivity contribution is 0.412. The smallest absolute Gasteiger partial charge is 0.0420 e. The second kappa shape index (κ2) is 6.63. The van der Waals surface area contributed by atoms with E-state index >= 15 is 0 Å². The molecule has 0 radical (unpaired) electrons. The van der Waals surface area contributed by atoms with E-state index in [0.717, 1.165) is 22.5 Å². The minimum absolute atomic E-state index is 0.370. The van der Waals surface area contributed by atoms with Gasteiger partial charge in [-0.25, -0.2) is 0 Å². The van der Waals surface area contributed by atoms with E-state index in [1.165, 1.54) is 5.56 Å². The largest absolute Gasteiger partial charge is 0.310 e. The van der Waals surface area contributed by atoms with Gasteiger partial charge in [-0.05, 0) is 42.6 Å². The average Bonchev–Trinajstić information content (AvgIpc) is 2.16. The van der Waals surface area contributed by atoms with Gasteiger partial charge in [-0.2, -0.15) is 0 Å². The molecule has 0 fully saturated rings. The van der Waals surface area contributed by atoms with Crippen LogP contribution < -0.4 is 5.32 Å². The van der Waals surface area contributed by atoms with Crippen molar-refractivity contribution >= 4 is 27.5 Å². The van der Waals surface area contributed by atoms with Gasteiger partial charge in [-0.3, -0.25) is 0 Å². The highest BCUT2D eigenvalue weighted by Crippen LogP contribution is 2.27. The molecule has 0 spiro atoms. The van der Waals surface area contributed by atoms with Gasteiger partial charge < -0.3 is 5.32 Å². The van der Waals surface area contributed by atoms with Crippen molar-refractivity contribution in [2.24, 2.45) is 5.92 Å². The van der Waals surface area contributed by atoms with Crippen LogP contribution in [0.25, 0.3) is 0 Å². The topological polar surface area (TPSA) is 12.0 Å². The Labute approximate surface area is 112 Å². The molecule has 0 aromatic heterocycles. The zero-order valence-corrected chi connectivity index (χ0v) is 12.4. The second-order valence-corrected chi connectivity index (χ2v) is 5.73. The molecular formula is C13H19BrClN. The Kier molecular flexibility index (Phi) is 5.81. The van der Waals surface area contributed by atoms with E-state index in [2.05, 4.69) is 48.1 Å². The minimum atomic E-state index is 0.370. The second-order valence-electron chi connectivity index (χ2n) is 4.38. The van der Waals surface area contributed by atoms with Gasteiger partial charge in [-0.1, -0.05) is 48.3 Å². The summed E-state index contributed by atoms with van der Waals surface area (Å²) < 4.78 is 1.04. The first kappa shape index (κ1) is 14.0. The number of benzene rings is 1. The number of rotatable bonds is 5. The normalized spacial score (nSPS) is 13.1. The average molecular weight is 305 g/mol. The minimum Gasteiger partial charge on any atom is -0.310 e. The molecule has 0 aliphatic heterocycles. The van der Waals surface area contributed by atoms with Crippen molar-refractivity contribution < 1.29 is 0 Å². The fourth-order valence-electron chi connectivity index (χ4n) is 1.79. The van der Waals surface area contributed by atoms with Crippen LogP contribution >= 0.6 is 27.5 Å². The van der Waals surface area contributed by atoms with E-state index in [0.29, 0.717) is 12.0 Å². The van der Waals surface area contributed by atoms with Crippen molar-refractivity contribution in [3.8, 4) is 0 Å². The zero-order chi connectivity index (χ0) is 12.1. The quantitative estimate of drug-likeness (QED) is 0.824.